The summed E-state index contributed by atoms with van der Waals surface area (Å²) < 4.78 is 9.88. The van der Waals surface area contributed by atoms with Gasteiger partial charge < -0.3 is 14.4 Å². The molecule has 82 valence electrons. The van der Waals surface area contributed by atoms with Crippen molar-refractivity contribution in [3.63, 3.8) is 0 Å². The van der Waals surface area contributed by atoms with Gasteiger partial charge in [0, 0.05) is 11.6 Å². The van der Waals surface area contributed by atoms with E-state index in [-0.39, 0.29) is 5.88 Å². The first-order chi connectivity index (χ1) is 7.75. The first kappa shape index (κ1) is 10.2. The maximum absolute atomic E-state index is 10.3. The Morgan fingerprint density at radius 3 is 2.81 bits per heavy atom. The predicted octanol–water partition coefficient (Wildman–Crippen LogP) is 1.80. The van der Waals surface area contributed by atoms with E-state index in [2.05, 4.69) is 5.16 Å². The summed E-state index contributed by atoms with van der Waals surface area (Å²) in [5.74, 6) is -0.341. The number of carbonyl (C=O) groups is 1. The van der Waals surface area contributed by atoms with Crippen molar-refractivity contribution < 1.29 is 19.2 Å². The highest BCUT2D eigenvalue weighted by atomic mass is 16.5. The molecule has 1 N–H and O–H groups in total. The van der Waals surface area contributed by atoms with Crippen molar-refractivity contribution in [3.8, 4) is 17.2 Å². The summed E-state index contributed by atoms with van der Waals surface area (Å²) in [5, 5.41) is 12.0. The Labute approximate surface area is 91.3 Å². The van der Waals surface area contributed by atoms with Crippen molar-refractivity contribution in [1.82, 2.24) is 5.16 Å². The number of hydrogen-bond acceptors (Lipinski definition) is 4. The van der Waals surface area contributed by atoms with Crippen LogP contribution in [0.25, 0.3) is 11.3 Å². The number of nitrogens with zero attached hydrogens (tertiary/aromatic N) is 1. The number of aromatic nitrogens is 1. The highest BCUT2D eigenvalue weighted by Crippen LogP contribution is 2.22. The molecule has 0 radical (unpaired) electrons. The molecule has 5 nitrogen and oxygen atoms in total. The third kappa shape index (κ3) is 2.38. The highest BCUT2D eigenvalue weighted by molar-refractivity contribution is 5.68. The molecular weight excluding hydrogens is 210 g/mol. The van der Waals surface area contributed by atoms with Crippen LogP contribution in [0, 0.1) is 0 Å². The van der Waals surface area contributed by atoms with Crippen LogP contribution in [0.5, 0.6) is 5.88 Å². The number of ether oxygens (including phenoxy) is 1. The molecule has 0 aliphatic heterocycles. The molecule has 2 aromatic rings. The van der Waals surface area contributed by atoms with Gasteiger partial charge in [-0.15, -0.1) is 0 Å². The molecular formula is C11H9NO4. The Morgan fingerprint density at radius 2 is 2.12 bits per heavy atom. The quantitative estimate of drug-likeness (QED) is 0.848. The summed E-state index contributed by atoms with van der Waals surface area (Å²) >= 11 is 0. The summed E-state index contributed by atoms with van der Waals surface area (Å²) in [6.45, 7) is -0.430. The normalized spacial score (nSPS) is 10.0. The molecule has 0 atom stereocenters. The SMILES string of the molecule is O=C(O)COc1cc(-c2ccccc2)on1. The van der Waals surface area contributed by atoms with Gasteiger partial charge in [0.05, 0.1) is 0 Å². The maximum Gasteiger partial charge on any atom is 0.341 e. The van der Waals surface area contributed by atoms with E-state index in [9.17, 15) is 4.79 Å². The fourth-order valence-electron chi connectivity index (χ4n) is 1.20. The molecule has 2 rings (SSSR count). The number of hydrogen-bond donors (Lipinski definition) is 1. The van der Waals surface area contributed by atoms with Crippen LogP contribution in [0.1, 0.15) is 0 Å². The zero-order valence-corrected chi connectivity index (χ0v) is 8.29. The molecule has 0 aliphatic rings. The second-order valence-corrected chi connectivity index (χ2v) is 3.08. The average molecular weight is 219 g/mol. The number of aliphatic carboxylic acids is 1. The van der Waals surface area contributed by atoms with Crippen LogP contribution in [0.3, 0.4) is 0 Å². The van der Waals surface area contributed by atoms with Crippen LogP contribution in [-0.4, -0.2) is 22.8 Å². The van der Waals surface area contributed by atoms with E-state index in [0.29, 0.717) is 5.76 Å². The molecule has 0 spiro atoms. The Kier molecular flexibility index (Phi) is 2.86. The minimum atomic E-state index is -1.05. The number of rotatable bonds is 4. The van der Waals surface area contributed by atoms with E-state index in [1.165, 1.54) is 0 Å². The summed E-state index contributed by atoms with van der Waals surface area (Å²) in [6.07, 6.45) is 0. The number of benzene rings is 1. The lowest BCUT2D eigenvalue weighted by molar-refractivity contribution is -0.139. The van der Waals surface area contributed by atoms with E-state index in [1.54, 1.807) is 6.07 Å². The summed E-state index contributed by atoms with van der Waals surface area (Å²) in [5.41, 5.74) is 0.861. The highest BCUT2D eigenvalue weighted by Gasteiger charge is 2.08. The molecule has 0 saturated heterocycles. The molecule has 0 saturated carbocycles. The minimum absolute atomic E-state index is 0.168. The van der Waals surface area contributed by atoms with Gasteiger partial charge in [0.15, 0.2) is 12.4 Å². The van der Waals surface area contributed by atoms with Crippen molar-refractivity contribution >= 4 is 5.97 Å². The lowest BCUT2D eigenvalue weighted by Crippen LogP contribution is -2.09. The smallest absolute Gasteiger partial charge is 0.341 e. The molecule has 0 unspecified atom stereocenters. The van der Waals surface area contributed by atoms with Gasteiger partial charge in [-0.25, -0.2) is 4.79 Å². The van der Waals surface area contributed by atoms with Crippen molar-refractivity contribution in [2.75, 3.05) is 6.61 Å². The Hall–Kier alpha value is -2.30. The van der Waals surface area contributed by atoms with Crippen LogP contribution in [-0.2, 0) is 4.79 Å². The van der Waals surface area contributed by atoms with Gasteiger partial charge in [-0.05, 0) is 5.16 Å². The largest absolute Gasteiger partial charge is 0.479 e. The van der Waals surface area contributed by atoms with Crippen molar-refractivity contribution in [1.29, 1.82) is 0 Å². The Bertz CT molecular complexity index is 478. The molecule has 0 fully saturated rings. The van der Waals surface area contributed by atoms with Gasteiger partial charge in [-0.2, -0.15) is 0 Å². The van der Waals surface area contributed by atoms with E-state index >= 15 is 0 Å². The lowest BCUT2D eigenvalue weighted by Gasteiger charge is -1.94. The van der Waals surface area contributed by atoms with Crippen LogP contribution < -0.4 is 4.74 Å². The fourth-order valence-corrected chi connectivity index (χ4v) is 1.20. The van der Waals surface area contributed by atoms with Gasteiger partial charge in [0.1, 0.15) is 0 Å². The predicted molar refractivity (Wildman–Crippen MR) is 55.1 cm³/mol. The standard InChI is InChI=1S/C11H9NO4/c13-11(14)7-15-10-6-9(16-12-10)8-4-2-1-3-5-8/h1-6H,7H2,(H,13,14). The number of carboxylic acids is 1. The van der Waals surface area contributed by atoms with Crippen molar-refractivity contribution in [3.05, 3.63) is 36.4 Å². The molecule has 16 heavy (non-hydrogen) atoms. The molecule has 5 heteroatoms. The van der Waals surface area contributed by atoms with Gasteiger partial charge in [0.25, 0.3) is 5.88 Å². The van der Waals surface area contributed by atoms with Crippen LogP contribution >= 0.6 is 0 Å². The van der Waals surface area contributed by atoms with Gasteiger partial charge in [-0.1, -0.05) is 30.3 Å². The van der Waals surface area contributed by atoms with Gasteiger partial charge in [-0.3, -0.25) is 0 Å². The molecule has 0 aliphatic carbocycles. The fraction of sp³-hybridized carbons (Fsp3) is 0.0909. The first-order valence-electron chi connectivity index (χ1n) is 4.62. The third-order valence-electron chi connectivity index (χ3n) is 1.89. The van der Waals surface area contributed by atoms with Crippen molar-refractivity contribution in [2.45, 2.75) is 0 Å². The van der Waals surface area contributed by atoms with Crippen LogP contribution in [0.4, 0.5) is 0 Å². The maximum atomic E-state index is 10.3. The monoisotopic (exact) mass is 219 g/mol. The van der Waals surface area contributed by atoms with E-state index < -0.39 is 12.6 Å². The Morgan fingerprint density at radius 1 is 1.38 bits per heavy atom. The molecule has 1 heterocycles. The Balaban J connectivity index is 2.11. The van der Waals surface area contributed by atoms with E-state index in [1.807, 2.05) is 30.3 Å². The zero-order valence-electron chi connectivity index (χ0n) is 8.29. The second-order valence-electron chi connectivity index (χ2n) is 3.08. The molecule has 0 bridgehead atoms. The van der Waals surface area contributed by atoms with Gasteiger partial charge >= 0.3 is 5.97 Å². The summed E-state index contributed by atoms with van der Waals surface area (Å²) in [4.78, 5) is 10.3. The summed E-state index contributed by atoms with van der Waals surface area (Å²) in [7, 11) is 0. The van der Waals surface area contributed by atoms with E-state index in [0.717, 1.165) is 5.56 Å². The minimum Gasteiger partial charge on any atom is -0.479 e. The molecule has 0 amide bonds. The van der Waals surface area contributed by atoms with Crippen LogP contribution in [0.2, 0.25) is 0 Å². The van der Waals surface area contributed by atoms with Crippen molar-refractivity contribution in [2.24, 2.45) is 0 Å². The number of carboxylic acid groups (broad SMARTS) is 1. The van der Waals surface area contributed by atoms with Crippen LogP contribution in [0.15, 0.2) is 40.9 Å². The molecule has 1 aromatic heterocycles. The third-order valence-corrected chi connectivity index (χ3v) is 1.89. The zero-order chi connectivity index (χ0) is 11.4. The van der Waals surface area contributed by atoms with Gasteiger partial charge in [0.2, 0.25) is 0 Å². The summed E-state index contributed by atoms with van der Waals surface area (Å²) in [6, 6.07) is 10.9. The average Bonchev–Trinajstić information content (AvgIpc) is 2.76. The molecule has 1 aromatic carbocycles. The topological polar surface area (TPSA) is 72.6 Å². The second kappa shape index (κ2) is 4.48. The van der Waals surface area contributed by atoms with E-state index in [4.69, 9.17) is 14.4 Å². The lowest BCUT2D eigenvalue weighted by atomic mass is 10.2. The first-order valence-corrected chi connectivity index (χ1v) is 4.62.